The molecule has 3 aromatic rings. The number of rotatable bonds is 9. The minimum absolute atomic E-state index is 0.224. The van der Waals surface area contributed by atoms with Gasteiger partial charge in [0, 0.05) is 23.3 Å². The molecule has 0 radical (unpaired) electrons. The average molecular weight is 443 g/mol. The normalized spacial score (nSPS) is 10.7. The summed E-state index contributed by atoms with van der Waals surface area (Å²) in [4.78, 5) is 34.8. The Morgan fingerprint density at radius 2 is 2.00 bits per heavy atom. The molecule has 1 amide bonds. The van der Waals surface area contributed by atoms with E-state index in [2.05, 4.69) is 5.32 Å². The molecule has 1 aromatic carbocycles. The third-order valence-corrected chi connectivity index (χ3v) is 4.99. The van der Waals surface area contributed by atoms with Crippen molar-refractivity contribution in [3.05, 3.63) is 64.4 Å². The number of benzene rings is 1. The number of nitrogens with one attached hydrogen (secondary N) is 1. The topological polar surface area (TPSA) is 86.1 Å². The minimum atomic E-state index is -0.767. The number of nitrogens with zero attached hydrogens (tertiary/aromatic N) is 1. The van der Waals surface area contributed by atoms with Crippen molar-refractivity contribution in [2.45, 2.75) is 26.7 Å². The Morgan fingerprint density at radius 1 is 1.19 bits per heavy atom. The third kappa shape index (κ3) is 5.06. The number of hydrogen-bond acceptors (Lipinski definition) is 5. The van der Waals surface area contributed by atoms with E-state index in [0.717, 1.165) is 16.8 Å². The molecule has 0 unspecified atom stereocenters. The first-order valence-corrected chi connectivity index (χ1v) is 10.3. The van der Waals surface area contributed by atoms with Crippen molar-refractivity contribution in [3.8, 4) is 5.75 Å². The van der Waals surface area contributed by atoms with Crippen LogP contribution in [-0.4, -0.2) is 35.8 Å². The summed E-state index contributed by atoms with van der Waals surface area (Å²) in [5, 5.41) is 3.30. The van der Waals surface area contributed by atoms with Crippen LogP contribution in [-0.2, 0) is 32.0 Å². The molecule has 2 aromatic heterocycles. The van der Waals surface area contributed by atoms with Gasteiger partial charge in [-0.1, -0.05) is 30.7 Å². The number of esters is 1. The zero-order valence-corrected chi connectivity index (χ0v) is 18.1. The molecule has 1 N–H and O–H groups in total. The molecule has 7 nitrogen and oxygen atoms in total. The molecular formula is C23H23ClN2O5. The van der Waals surface area contributed by atoms with Gasteiger partial charge in [0.05, 0.1) is 12.3 Å². The van der Waals surface area contributed by atoms with Crippen LogP contribution >= 0.6 is 11.6 Å². The van der Waals surface area contributed by atoms with Gasteiger partial charge in [0.1, 0.15) is 11.3 Å². The molecule has 0 aliphatic rings. The first-order chi connectivity index (χ1) is 15.0. The summed E-state index contributed by atoms with van der Waals surface area (Å²) in [5.41, 5.74) is 3.82. The monoisotopic (exact) mass is 442 g/mol. The van der Waals surface area contributed by atoms with E-state index in [1.165, 1.54) is 0 Å². The van der Waals surface area contributed by atoms with E-state index in [1.807, 2.05) is 35.7 Å². The van der Waals surface area contributed by atoms with Crippen molar-refractivity contribution in [2.24, 2.45) is 0 Å². The second kappa shape index (κ2) is 10.1. The highest BCUT2D eigenvalue weighted by molar-refractivity contribution is 6.31. The molecule has 0 saturated heterocycles. The molecule has 2 heterocycles. The second-order valence-corrected chi connectivity index (χ2v) is 7.19. The quantitative estimate of drug-likeness (QED) is 0.309. The van der Waals surface area contributed by atoms with Crippen LogP contribution in [0.1, 0.15) is 30.7 Å². The van der Waals surface area contributed by atoms with Crippen LogP contribution in [0.15, 0.2) is 42.6 Å². The zero-order chi connectivity index (χ0) is 22.4. The van der Waals surface area contributed by atoms with E-state index in [-0.39, 0.29) is 19.5 Å². The summed E-state index contributed by atoms with van der Waals surface area (Å²) in [7, 11) is 0. The zero-order valence-electron chi connectivity index (χ0n) is 17.3. The van der Waals surface area contributed by atoms with Gasteiger partial charge >= 0.3 is 5.97 Å². The van der Waals surface area contributed by atoms with E-state index in [0.29, 0.717) is 34.8 Å². The van der Waals surface area contributed by atoms with E-state index in [1.54, 1.807) is 25.1 Å². The molecule has 8 heteroatoms. The van der Waals surface area contributed by atoms with Crippen LogP contribution in [0.5, 0.6) is 5.75 Å². The number of halogens is 1. The number of fused-ring (bicyclic) bond motifs is 1. The maximum atomic E-state index is 11.9. The number of aldehydes is 1. The van der Waals surface area contributed by atoms with Gasteiger partial charge in [-0.25, -0.2) is 4.79 Å². The Labute approximate surface area is 184 Å². The summed E-state index contributed by atoms with van der Waals surface area (Å²) in [6.45, 7) is 3.66. The number of aromatic nitrogens is 1. The molecule has 0 aliphatic heterocycles. The molecule has 0 atom stereocenters. The fraction of sp³-hybridized carbons (Fsp3) is 0.261. The Morgan fingerprint density at radius 3 is 2.68 bits per heavy atom. The Bertz CT molecular complexity index is 1120. The van der Waals surface area contributed by atoms with E-state index >= 15 is 0 Å². The number of carbonyl (C=O) groups excluding carboxylic acids is 3. The van der Waals surface area contributed by atoms with Crippen LogP contribution in [0.25, 0.3) is 5.52 Å². The van der Waals surface area contributed by atoms with Crippen molar-refractivity contribution in [2.75, 3.05) is 18.5 Å². The summed E-state index contributed by atoms with van der Waals surface area (Å²) >= 11 is 6.15. The maximum Gasteiger partial charge on any atom is 0.344 e. The molecule has 0 saturated carbocycles. The fourth-order valence-electron chi connectivity index (χ4n) is 3.55. The molecule has 0 aliphatic carbocycles. The Kier molecular flexibility index (Phi) is 7.31. The highest BCUT2D eigenvalue weighted by Gasteiger charge is 2.22. The van der Waals surface area contributed by atoms with Gasteiger partial charge in [-0.2, -0.15) is 0 Å². The largest absolute Gasteiger partial charge is 0.480 e. The predicted octanol–water partition coefficient (Wildman–Crippen LogP) is 3.83. The second-order valence-electron chi connectivity index (χ2n) is 6.75. The Balaban J connectivity index is 2.14. The highest BCUT2D eigenvalue weighted by atomic mass is 35.5. The number of pyridine rings is 1. The van der Waals surface area contributed by atoms with Crippen LogP contribution in [0, 0.1) is 0 Å². The van der Waals surface area contributed by atoms with Gasteiger partial charge in [0.15, 0.2) is 6.61 Å². The van der Waals surface area contributed by atoms with Gasteiger partial charge < -0.3 is 19.2 Å². The smallest absolute Gasteiger partial charge is 0.344 e. The lowest BCUT2D eigenvalue weighted by atomic mass is 10.0. The number of amides is 1. The number of carbonyl (C=O) groups is 3. The summed E-state index contributed by atoms with van der Waals surface area (Å²) in [6.07, 6.45) is 3.22. The van der Waals surface area contributed by atoms with Gasteiger partial charge in [-0.05, 0) is 48.7 Å². The van der Waals surface area contributed by atoms with E-state index in [4.69, 9.17) is 21.1 Å². The van der Waals surface area contributed by atoms with Crippen molar-refractivity contribution < 1.29 is 23.9 Å². The Hall–Kier alpha value is -3.32. The first-order valence-electron chi connectivity index (χ1n) is 9.92. The number of ether oxygens (including phenoxy) is 2. The lowest BCUT2D eigenvalue weighted by molar-refractivity contribution is -0.145. The lowest BCUT2D eigenvalue weighted by Gasteiger charge is -2.10. The molecule has 0 fully saturated rings. The summed E-state index contributed by atoms with van der Waals surface area (Å²) < 4.78 is 12.5. The predicted molar refractivity (Wildman–Crippen MR) is 118 cm³/mol. The SMILES string of the molecule is CCOC(=O)COc1cccn2c(Cc3cccc(Cl)c3)c(CC)c(NC(=O)C=O)c12. The van der Waals surface area contributed by atoms with Crippen LogP contribution in [0.2, 0.25) is 5.02 Å². The minimum Gasteiger partial charge on any atom is -0.480 e. The van der Waals surface area contributed by atoms with Gasteiger partial charge in [0.2, 0.25) is 6.29 Å². The fourth-order valence-corrected chi connectivity index (χ4v) is 3.76. The van der Waals surface area contributed by atoms with Gasteiger partial charge in [-0.3, -0.25) is 9.59 Å². The molecule has 3 rings (SSSR count). The summed E-state index contributed by atoms with van der Waals surface area (Å²) in [6, 6.07) is 11.0. The van der Waals surface area contributed by atoms with E-state index < -0.39 is 11.9 Å². The molecule has 31 heavy (non-hydrogen) atoms. The first kappa shape index (κ1) is 22.4. The molecule has 0 spiro atoms. The van der Waals surface area contributed by atoms with Gasteiger partial charge in [0.25, 0.3) is 5.91 Å². The third-order valence-electron chi connectivity index (χ3n) is 4.75. The average Bonchev–Trinajstić information content (AvgIpc) is 3.05. The number of anilines is 1. The maximum absolute atomic E-state index is 11.9. The summed E-state index contributed by atoms with van der Waals surface area (Å²) in [5.74, 6) is -0.870. The van der Waals surface area contributed by atoms with Crippen molar-refractivity contribution in [1.29, 1.82) is 0 Å². The van der Waals surface area contributed by atoms with Gasteiger partial charge in [-0.15, -0.1) is 0 Å². The molecule has 162 valence electrons. The van der Waals surface area contributed by atoms with E-state index in [9.17, 15) is 14.4 Å². The van der Waals surface area contributed by atoms with Crippen LogP contribution in [0.3, 0.4) is 0 Å². The van der Waals surface area contributed by atoms with Crippen LogP contribution < -0.4 is 10.1 Å². The van der Waals surface area contributed by atoms with Crippen molar-refractivity contribution in [1.82, 2.24) is 4.40 Å². The number of hydrogen-bond donors (Lipinski definition) is 1. The van der Waals surface area contributed by atoms with Crippen molar-refractivity contribution >= 4 is 41.0 Å². The van der Waals surface area contributed by atoms with Crippen molar-refractivity contribution in [3.63, 3.8) is 0 Å². The molecular weight excluding hydrogens is 420 g/mol. The van der Waals surface area contributed by atoms with Crippen LogP contribution in [0.4, 0.5) is 5.69 Å². The molecule has 0 bridgehead atoms. The highest BCUT2D eigenvalue weighted by Crippen LogP contribution is 2.37. The standard InChI is InChI=1S/C23H23ClN2O5/c1-3-17-18(12-15-7-5-8-16(24)11-15)26-10-6-9-19(31-14-21(29)30-4-2)23(26)22(17)25-20(28)13-27/h5-11,13H,3-4,12,14H2,1-2H3,(H,25,28). The lowest BCUT2D eigenvalue weighted by Crippen LogP contribution is -2.16.